The third-order valence-corrected chi connectivity index (χ3v) is 6.74. The van der Waals surface area contributed by atoms with E-state index in [0.717, 1.165) is 0 Å². The van der Waals surface area contributed by atoms with Gasteiger partial charge in [0.2, 0.25) is 5.91 Å². The van der Waals surface area contributed by atoms with Crippen molar-refractivity contribution in [3.05, 3.63) is 35.0 Å². The molecule has 134 valence electrons. The largest absolute Gasteiger partial charge is 0.460 e. The van der Waals surface area contributed by atoms with Crippen LogP contribution in [0.3, 0.4) is 0 Å². The fourth-order valence-corrected chi connectivity index (χ4v) is 5.63. The summed E-state index contributed by atoms with van der Waals surface area (Å²) in [6, 6.07) is 0.882. The van der Waals surface area contributed by atoms with Crippen LogP contribution in [-0.4, -0.2) is 56.5 Å². The molecule has 2 aliphatic heterocycles. The van der Waals surface area contributed by atoms with E-state index in [1.165, 1.54) is 34.1 Å². The second-order valence-electron chi connectivity index (χ2n) is 6.53. The average molecular weight is 381 g/mol. The summed E-state index contributed by atoms with van der Waals surface area (Å²) in [6.45, 7) is 7.29. The SMILES string of the molecule is C=CCOC(=O)[C@@H]1N2C(=O)[C@@H]([C@H](O)C(=O)c3ccsc3)[C@H]2SC1(C)C. The normalized spacial score (nSPS) is 28.0. The van der Waals surface area contributed by atoms with Gasteiger partial charge in [-0.2, -0.15) is 11.3 Å². The number of β-lactam (4-membered cyclic amide) rings is 1. The molecule has 6 nitrogen and oxygen atoms in total. The van der Waals surface area contributed by atoms with Crippen molar-refractivity contribution in [3.8, 4) is 0 Å². The number of hydrogen-bond donors (Lipinski definition) is 1. The Morgan fingerprint density at radius 2 is 2.24 bits per heavy atom. The number of nitrogens with zero attached hydrogens (tertiary/aromatic N) is 1. The highest BCUT2D eigenvalue weighted by molar-refractivity contribution is 8.01. The molecule has 3 rings (SSSR count). The predicted molar refractivity (Wildman–Crippen MR) is 95.4 cm³/mol. The number of carbonyl (C=O) groups excluding carboxylic acids is 3. The topological polar surface area (TPSA) is 83.9 Å². The summed E-state index contributed by atoms with van der Waals surface area (Å²) in [4.78, 5) is 38.8. The lowest BCUT2D eigenvalue weighted by molar-refractivity contribution is -0.169. The molecule has 2 fully saturated rings. The number of rotatable bonds is 6. The summed E-state index contributed by atoms with van der Waals surface area (Å²) in [7, 11) is 0. The summed E-state index contributed by atoms with van der Waals surface area (Å²) in [6.07, 6.45) is 0.0590. The van der Waals surface area contributed by atoms with Crippen molar-refractivity contribution >= 4 is 40.8 Å². The van der Waals surface area contributed by atoms with Gasteiger partial charge in [0.25, 0.3) is 0 Å². The van der Waals surface area contributed by atoms with Gasteiger partial charge < -0.3 is 14.7 Å². The molecule has 0 aromatic carbocycles. The number of Topliss-reactive ketones (excluding diaryl/α,β-unsaturated/α-hetero) is 1. The molecule has 0 spiro atoms. The second kappa shape index (κ2) is 6.59. The van der Waals surface area contributed by atoms with Crippen molar-refractivity contribution in [3.63, 3.8) is 0 Å². The van der Waals surface area contributed by atoms with E-state index in [-0.39, 0.29) is 12.5 Å². The fraction of sp³-hybridized carbons (Fsp3) is 0.471. The maximum Gasteiger partial charge on any atom is 0.330 e. The molecule has 8 heteroatoms. The number of ketones is 1. The first-order valence-corrected chi connectivity index (χ1v) is 9.64. The zero-order valence-corrected chi connectivity index (χ0v) is 15.5. The Labute approximate surface area is 153 Å². The van der Waals surface area contributed by atoms with Crippen molar-refractivity contribution in [1.82, 2.24) is 4.90 Å². The average Bonchev–Trinajstić information content (AvgIpc) is 3.16. The van der Waals surface area contributed by atoms with E-state index >= 15 is 0 Å². The van der Waals surface area contributed by atoms with E-state index in [1.54, 1.807) is 16.8 Å². The molecule has 4 atom stereocenters. The standard InChI is InChI=1S/C17H19NO5S2/c1-4-6-23-16(22)13-17(2,3)25-15-10(14(21)18(13)15)12(20)11(19)9-5-7-24-8-9/h4-5,7-8,10,12-13,15,20H,1,6H2,2-3H3/t10-,12+,13+,15-/m1/s1. The van der Waals surface area contributed by atoms with Crippen molar-refractivity contribution in [2.24, 2.45) is 5.92 Å². The zero-order valence-electron chi connectivity index (χ0n) is 13.9. The van der Waals surface area contributed by atoms with E-state index in [0.29, 0.717) is 5.56 Å². The monoisotopic (exact) mass is 381 g/mol. The smallest absolute Gasteiger partial charge is 0.330 e. The molecule has 25 heavy (non-hydrogen) atoms. The lowest BCUT2D eigenvalue weighted by Crippen LogP contribution is -2.66. The summed E-state index contributed by atoms with van der Waals surface area (Å²) in [5.41, 5.74) is 0.396. The fourth-order valence-electron chi connectivity index (χ4n) is 3.27. The van der Waals surface area contributed by atoms with E-state index in [9.17, 15) is 19.5 Å². The molecule has 2 aliphatic rings. The summed E-state index contributed by atoms with van der Waals surface area (Å²) < 4.78 is 4.55. The first-order chi connectivity index (χ1) is 11.8. The molecule has 1 amide bonds. The van der Waals surface area contributed by atoms with Crippen LogP contribution in [0.15, 0.2) is 29.5 Å². The lowest BCUT2D eigenvalue weighted by atomic mass is 9.85. The van der Waals surface area contributed by atoms with Gasteiger partial charge in [-0.05, 0) is 25.3 Å². The number of amides is 1. The molecule has 1 aromatic heterocycles. The molecule has 1 N–H and O–H groups in total. The van der Waals surface area contributed by atoms with Crippen LogP contribution in [0, 0.1) is 5.92 Å². The third-order valence-electron chi connectivity index (χ3n) is 4.46. The van der Waals surface area contributed by atoms with Gasteiger partial charge in [0.05, 0.1) is 5.37 Å². The second-order valence-corrected chi connectivity index (χ2v) is 9.08. The van der Waals surface area contributed by atoms with Crippen LogP contribution >= 0.6 is 23.1 Å². The number of carbonyl (C=O) groups is 3. The van der Waals surface area contributed by atoms with Crippen molar-refractivity contribution in [1.29, 1.82) is 0 Å². The highest BCUT2D eigenvalue weighted by atomic mass is 32.2. The third kappa shape index (κ3) is 2.92. The first kappa shape index (κ1) is 18.2. The highest BCUT2D eigenvalue weighted by Gasteiger charge is 2.66. The number of aliphatic hydroxyl groups excluding tert-OH is 1. The van der Waals surface area contributed by atoms with Gasteiger partial charge in [0.1, 0.15) is 24.7 Å². The molecule has 1 aromatic rings. The molecule has 0 bridgehead atoms. The Bertz CT molecular complexity index is 715. The zero-order chi connectivity index (χ0) is 18.4. The predicted octanol–water partition coefficient (Wildman–Crippen LogP) is 1.70. The molecule has 2 saturated heterocycles. The molecule has 0 radical (unpaired) electrons. The number of thiophene rings is 1. The van der Waals surface area contributed by atoms with Crippen LogP contribution in [0.4, 0.5) is 0 Å². The van der Waals surface area contributed by atoms with Crippen molar-refractivity contribution < 1.29 is 24.2 Å². The van der Waals surface area contributed by atoms with Gasteiger partial charge in [-0.1, -0.05) is 12.7 Å². The summed E-state index contributed by atoms with van der Waals surface area (Å²) >= 11 is 2.76. The quantitative estimate of drug-likeness (QED) is 0.349. The maximum atomic E-state index is 12.6. The van der Waals surface area contributed by atoms with Crippen LogP contribution in [0.25, 0.3) is 0 Å². The van der Waals surface area contributed by atoms with Gasteiger partial charge in [-0.3, -0.25) is 9.59 Å². The highest BCUT2D eigenvalue weighted by Crippen LogP contribution is 2.54. The van der Waals surface area contributed by atoms with Crippen LogP contribution in [0.5, 0.6) is 0 Å². The number of ether oxygens (including phenoxy) is 1. The van der Waals surface area contributed by atoms with Gasteiger partial charge in [0, 0.05) is 15.7 Å². The Morgan fingerprint density at radius 1 is 1.52 bits per heavy atom. The number of fused-ring (bicyclic) bond motifs is 1. The Kier molecular flexibility index (Phi) is 4.78. The van der Waals surface area contributed by atoms with Gasteiger partial charge >= 0.3 is 5.97 Å². The molecule has 3 heterocycles. The number of hydrogen-bond acceptors (Lipinski definition) is 7. The number of thioether (sulfide) groups is 1. The Morgan fingerprint density at radius 3 is 2.84 bits per heavy atom. The van der Waals surface area contributed by atoms with Crippen molar-refractivity contribution in [2.75, 3.05) is 6.61 Å². The lowest BCUT2D eigenvalue weighted by Gasteiger charge is -2.45. The number of aliphatic hydroxyl groups is 1. The van der Waals surface area contributed by atoms with Crippen LogP contribution in [-0.2, 0) is 14.3 Å². The molecule has 0 aliphatic carbocycles. The van der Waals surface area contributed by atoms with Crippen LogP contribution < -0.4 is 0 Å². The van der Waals surface area contributed by atoms with E-state index in [1.807, 2.05) is 13.8 Å². The summed E-state index contributed by atoms with van der Waals surface area (Å²) in [5, 5.41) is 13.4. The van der Waals surface area contributed by atoms with E-state index < -0.39 is 39.9 Å². The molecule has 0 unspecified atom stereocenters. The van der Waals surface area contributed by atoms with Gasteiger partial charge in [0.15, 0.2) is 5.78 Å². The minimum absolute atomic E-state index is 0.0749. The molecular weight excluding hydrogens is 362 g/mol. The minimum Gasteiger partial charge on any atom is -0.460 e. The molecule has 0 saturated carbocycles. The van der Waals surface area contributed by atoms with Crippen molar-refractivity contribution in [2.45, 2.75) is 36.1 Å². The van der Waals surface area contributed by atoms with E-state index in [2.05, 4.69) is 6.58 Å². The maximum absolute atomic E-state index is 12.6. The van der Waals surface area contributed by atoms with Gasteiger partial charge in [-0.25, -0.2) is 4.79 Å². The minimum atomic E-state index is -1.41. The van der Waals surface area contributed by atoms with Crippen LogP contribution in [0.2, 0.25) is 0 Å². The Balaban J connectivity index is 1.78. The summed E-state index contributed by atoms with van der Waals surface area (Å²) in [5.74, 6) is -2.19. The van der Waals surface area contributed by atoms with E-state index in [4.69, 9.17) is 4.74 Å². The Hall–Kier alpha value is -1.64. The first-order valence-electron chi connectivity index (χ1n) is 7.81. The molecular formula is C17H19NO5S2. The number of esters is 1. The van der Waals surface area contributed by atoms with Crippen LogP contribution in [0.1, 0.15) is 24.2 Å². The van der Waals surface area contributed by atoms with Gasteiger partial charge in [-0.15, -0.1) is 11.8 Å².